The Bertz CT molecular complexity index is 5080. The summed E-state index contributed by atoms with van der Waals surface area (Å²) in [7, 11) is -23.2. The van der Waals surface area contributed by atoms with Crippen molar-refractivity contribution in [2.45, 2.75) is 94.7 Å². The number of carbonyl (C=O) groups is 6. The lowest BCUT2D eigenvalue weighted by Gasteiger charge is -2.19. The Morgan fingerprint density at radius 3 is 1.14 bits per heavy atom. The number of sulfone groups is 3. The lowest BCUT2D eigenvalue weighted by Crippen LogP contribution is -2.37. The molecular weight excluding hydrogens is 1510 g/mol. The number of thiazole rings is 3. The summed E-state index contributed by atoms with van der Waals surface area (Å²) in [6.07, 6.45) is 2.62. The molecule has 3 atom stereocenters. The number of hydrogen-bond donors (Lipinski definition) is 9. The van der Waals surface area contributed by atoms with E-state index in [1.54, 1.807) is 45.0 Å². The van der Waals surface area contributed by atoms with Gasteiger partial charge in [0.1, 0.15) is 20.6 Å². The summed E-state index contributed by atoms with van der Waals surface area (Å²) in [5, 5.41) is 35.9. The van der Waals surface area contributed by atoms with Gasteiger partial charge in [-0.2, -0.15) is 0 Å². The molecule has 0 bridgehead atoms. The van der Waals surface area contributed by atoms with Crippen LogP contribution in [0.1, 0.15) is 145 Å². The van der Waals surface area contributed by atoms with Crippen molar-refractivity contribution in [1.82, 2.24) is 46.5 Å². The first-order valence-corrected chi connectivity index (χ1v) is 42.9. The summed E-state index contributed by atoms with van der Waals surface area (Å²) in [4.78, 5) is 85.7. The number of fused-ring (bicyclic) bond motifs is 3. The maximum atomic E-state index is 12.6. The average Bonchev–Trinajstić information content (AvgIpc) is 1.66. The van der Waals surface area contributed by atoms with E-state index in [0.29, 0.717) is 43.4 Å². The van der Waals surface area contributed by atoms with Gasteiger partial charge in [-0.15, -0.1) is 34.0 Å². The Labute approximate surface area is 593 Å². The molecule has 101 heavy (non-hydrogen) atoms. The summed E-state index contributed by atoms with van der Waals surface area (Å²) in [5.74, 6) is -4.63. The monoisotopic (exact) mass is 1580 g/mol. The molecule has 13 N–H and O–H groups in total. The number of carboxylic acid groups (broad SMARTS) is 1. The fourth-order valence-electron chi connectivity index (χ4n) is 8.26. The molecule has 0 fully saturated rings. The number of rotatable bonds is 26. The fourth-order valence-corrected chi connectivity index (χ4v) is 16.9. The molecule has 0 saturated carbocycles. The number of ether oxygens (including phenoxy) is 1. The topological polar surface area (TPSA) is 580 Å². The first kappa shape index (κ1) is 83.8. The van der Waals surface area contributed by atoms with Crippen molar-refractivity contribution < 1.29 is 98.2 Å². The minimum absolute atomic E-state index is 0.00180. The quantitative estimate of drug-likeness (QED) is 0.0351. The fraction of sp³-hybridized carbons (Fsp3) is 0.421. The first-order chi connectivity index (χ1) is 46.4. The van der Waals surface area contributed by atoms with E-state index >= 15 is 0 Å². The number of carboxylic acids is 1. The molecule has 0 spiro atoms. The van der Waals surface area contributed by atoms with Gasteiger partial charge in [-0.1, -0.05) is 38.0 Å². The maximum absolute atomic E-state index is 12.6. The number of aromatic carboxylic acids is 1. The van der Waals surface area contributed by atoms with Crippen LogP contribution in [0.15, 0.2) is 75.8 Å². The number of nitrogens with one attached hydrogen (secondary N) is 4. The number of nitrogens with two attached hydrogens (primary N) is 4. The second kappa shape index (κ2) is 34.4. The van der Waals surface area contributed by atoms with Gasteiger partial charge >= 0.3 is 11.9 Å². The van der Waals surface area contributed by atoms with E-state index in [0.717, 1.165) is 69.9 Å². The zero-order valence-electron chi connectivity index (χ0n) is 55.6. The van der Waals surface area contributed by atoms with Crippen LogP contribution in [0, 0.1) is 0 Å². The van der Waals surface area contributed by atoms with Crippen LogP contribution < -0.4 is 42.4 Å². The third-order valence-electron chi connectivity index (χ3n) is 13.0. The second-order valence-electron chi connectivity index (χ2n) is 23.7. The van der Waals surface area contributed by atoms with Crippen molar-refractivity contribution in [2.24, 2.45) is 21.2 Å². The van der Waals surface area contributed by atoms with Gasteiger partial charge in [0.15, 0.2) is 56.8 Å². The van der Waals surface area contributed by atoms with E-state index in [1.807, 2.05) is 19.9 Å². The largest absolute Gasteiger partial charge is 0.478 e. The summed E-state index contributed by atoms with van der Waals surface area (Å²) >= 11 is 2.91. The molecule has 0 aliphatic rings. The van der Waals surface area contributed by atoms with Crippen molar-refractivity contribution in [3.63, 3.8) is 0 Å². The van der Waals surface area contributed by atoms with Crippen LogP contribution >= 0.6 is 34.0 Å². The number of esters is 1. The van der Waals surface area contributed by atoms with Gasteiger partial charge in [-0.05, 0) is 87.2 Å². The molecule has 0 saturated heterocycles. The maximum Gasteiger partial charge on any atom is 0.338 e. The number of carbonyl (C=O) groups excluding carboxylic acids is 5. The Kier molecular flexibility index (Phi) is 28.5. The van der Waals surface area contributed by atoms with E-state index in [4.69, 9.17) is 40.0 Å². The Hall–Kier alpha value is -7.89. The summed E-state index contributed by atoms with van der Waals surface area (Å²) in [6, 6.07) is 17.0. The summed E-state index contributed by atoms with van der Waals surface area (Å²) in [5.41, 5.74) is 7.81. The van der Waals surface area contributed by atoms with Crippen molar-refractivity contribution in [1.29, 1.82) is 0 Å². The van der Waals surface area contributed by atoms with Crippen molar-refractivity contribution in [3.05, 3.63) is 121 Å². The van der Waals surface area contributed by atoms with Crippen molar-refractivity contribution >= 4 is 160 Å². The number of primary sulfonamides is 3. The molecule has 0 radical (unpaired) electrons. The lowest BCUT2D eigenvalue weighted by atomic mass is 10.1. The lowest BCUT2D eigenvalue weighted by molar-refractivity contribution is -0.121. The SMILES string of the molecule is CC(C)(C)OC(=O)c1ccc2sc(C(C(=O)NCCS(N)(=O)=O)S(C)(=O)=O)nc2c1.CC(C)c1cc(CN)on1.CC(C)c1cc(CNC(=O)c2ccc3sc(C(C(=O)NCCS(N)(=O)=O)S(C)(=O)=O)nc3c2)on1.CS(=O)(=O)C(C(=O)NCCS(N)(=O)=O)c1nc2cc(C(=O)O)ccc2s1. The minimum atomic E-state index is -3.94. The third-order valence-corrected chi connectivity index (χ3v) is 23.0. The number of amides is 4. The molecule has 0 aliphatic carbocycles. The number of benzene rings is 3. The Morgan fingerprint density at radius 2 is 0.832 bits per heavy atom. The second-order valence-corrected chi connectivity index (χ2v) is 38.5. The molecule has 44 heteroatoms. The predicted octanol–water partition coefficient (Wildman–Crippen LogP) is 2.31. The van der Waals surface area contributed by atoms with Crippen molar-refractivity contribution in [3.8, 4) is 0 Å². The first-order valence-electron chi connectivity index (χ1n) is 29.4. The van der Waals surface area contributed by atoms with Crippen LogP contribution in [-0.4, -0.2) is 178 Å². The smallest absolute Gasteiger partial charge is 0.338 e. The highest BCUT2D eigenvalue weighted by molar-refractivity contribution is 7.92. The highest BCUT2D eigenvalue weighted by atomic mass is 32.2. The van der Waals surface area contributed by atoms with Gasteiger partial charge in [-0.25, -0.2) is 90.5 Å². The minimum Gasteiger partial charge on any atom is -0.478 e. The van der Waals surface area contributed by atoms with Gasteiger partial charge in [0.2, 0.25) is 47.8 Å². The highest BCUT2D eigenvalue weighted by Crippen LogP contribution is 2.35. The molecule has 3 unspecified atom stereocenters. The molecule has 5 aromatic heterocycles. The molecule has 0 aliphatic heterocycles. The molecule has 8 aromatic rings. The average molecular weight is 1580 g/mol. The summed E-state index contributed by atoms with van der Waals surface area (Å²) in [6.45, 7) is 12.8. The Morgan fingerprint density at radius 1 is 0.505 bits per heavy atom. The van der Waals surface area contributed by atoms with Gasteiger partial charge in [0.05, 0.1) is 83.5 Å². The molecule has 8 rings (SSSR count). The van der Waals surface area contributed by atoms with Crippen LogP contribution in [0.4, 0.5) is 0 Å². The molecule has 5 heterocycles. The van der Waals surface area contributed by atoms with E-state index in [2.05, 4.69) is 60.4 Å². The molecule has 4 amide bonds. The zero-order chi connectivity index (χ0) is 76.1. The van der Waals surface area contributed by atoms with Crippen LogP contribution in [-0.2, 0) is 91.8 Å². The van der Waals surface area contributed by atoms with Crippen LogP contribution in [0.25, 0.3) is 30.6 Å². The van der Waals surface area contributed by atoms with Gasteiger partial charge in [-0.3, -0.25) is 19.2 Å². The highest BCUT2D eigenvalue weighted by Gasteiger charge is 2.37. The normalized spacial score (nSPS) is 13.2. The van der Waals surface area contributed by atoms with Gasteiger partial charge in [0.25, 0.3) is 5.91 Å². The molecule has 3 aromatic carbocycles. The number of sulfonamides is 3. The van der Waals surface area contributed by atoms with Crippen LogP contribution in [0.3, 0.4) is 0 Å². The Balaban J connectivity index is 0.000000257. The summed E-state index contributed by atoms with van der Waals surface area (Å²) < 4.78 is 156. The van der Waals surface area contributed by atoms with Gasteiger partial charge in [0, 0.05) is 56.1 Å². The van der Waals surface area contributed by atoms with E-state index in [1.165, 1.54) is 36.4 Å². The van der Waals surface area contributed by atoms with E-state index in [9.17, 15) is 79.3 Å². The van der Waals surface area contributed by atoms with E-state index in [-0.39, 0.29) is 69.3 Å². The number of nitrogens with zero attached hydrogens (tertiary/aromatic N) is 5. The van der Waals surface area contributed by atoms with Crippen LogP contribution in [0.2, 0.25) is 0 Å². The molecule has 554 valence electrons. The molecular formula is C57H75N13O22S9. The predicted molar refractivity (Wildman–Crippen MR) is 377 cm³/mol. The van der Waals surface area contributed by atoms with Crippen LogP contribution in [0.5, 0.6) is 0 Å². The van der Waals surface area contributed by atoms with Crippen molar-refractivity contribution in [2.75, 3.05) is 55.7 Å². The van der Waals surface area contributed by atoms with Gasteiger partial charge < -0.3 is 45.9 Å². The number of hydrogen-bond acceptors (Lipinski definition) is 30. The van der Waals surface area contributed by atoms with E-state index < -0.39 is 134 Å². The zero-order valence-corrected chi connectivity index (χ0v) is 63.0. The number of aromatic nitrogens is 5. The standard InChI is InChI=1S/C20H25N5O7S3.C17H23N3O7S3.C13H15N3O7S3.C7H12N2O/c1-11(2)14-9-13(32-25-14)10-23-18(26)12-4-5-16-15(8-12)24-20(33-16)17(34(3,28)29)19(27)22-6-7-35(21,30)31;1-17(2,3)27-16(22)10-5-6-12-11(9-10)20-15(28-12)13(29(4,23)24)14(21)19-7-8-30(18,25)26;1-25(20,21)10(11(17)15-4-5-26(14,22)23)12-16-8-6-7(13(18)19)2-3-9(8)24-12;1-5(2)7-3-6(4-8)10-9-7/h4-5,8-9,11,17H,6-7,10H2,1-3H3,(H,22,27)(H,23,26)(H2,21,30,31);5-6,9,13H,7-8H2,1-4H3,(H,19,21)(H2,18,25,26);2-3,6,10H,4-5H2,1H3,(H,15,17)(H,18,19)(H2,14,22,23);3,5H,4,8H2,1-2H3. The third kappa shape index (κ3) is 26.5. The molecule has 35 nitrogen and oxygen atoms in total.